The van der Waals surface area contributed by atoms with Crippen molar-refractivity contribution in [3.8, 4) is 0 Å². The number of aryl methyl sites for hydroxylation is 1. The van der Waals surface area contributed by atoms with Crippen molar-refractivity contribution in [1.82, 2.24) is 0 Å². The van der Waals surface area contributed by atoms with Crippen LogP contribution in [0.1, 0.15) is 34.2 Å². The normalized spacial score (nSPS) is 12.6. The first-order valence-corrected chi connectivity index (χ1v) is 7.85. The molecule has 0 saturated carbocycles. The van der Waals surface area contributed by atoms with Gasteiger partial charge < -0.3 is 0 Å². The number of benzene rings is 1. The lowest BCUT2D eigenvalue weighted by atomic mass is 10.1. The van der Waals surface area contributed by atoms with Crippen molar-refractivity contribution >= 4 is 38.9 Å². The van der Waals surface area contributed by atoms with Crippen LogP contribution in [0.4, 0.5) is 0 Å². The van der Waals surface area contributed by atoms with E-state index >= 15 is 0 Å². The molecule has 2 aromatic rings. The van der Waals surface area contributed by atoms with Gasteiger partial charge in [0.1, 0.15) is 0 Å². The summed E-state index contributed by atoms with van der Waals surface area (Å²) < 4.78 is 0. The van der Waals surface area contributed by atoms with Gasteiger partial charge in [-0.2, -0.15) is 0 Å². The Labute approximate surface area is 120 Å². The summed E-state index contributed by atoms with van der Waals surface area (Å²) in [5.41, 5.74) is 2.66. The van der Waals surface area contributed by atoms with E-state index in [0.717, 1.165) is 11.4 Å². The third-order valence-corrected chi connectivity index (χ3v) is 5.40. The molecule has 1 unspecified atom stereocenters. The fraction of sp³-hybridized carbons (Fsp3) is 0.286. The first-order chi connectivity index (χ1) is 8.22. The lowest BCUT2D eigenvalue weighted by Gasteiger charge is -2.10. The van der Waals surface area contributed by atoms with Gasteiger partial charge in [-0.1, -0.05) is 65.1 Å². The molecular weight excluding hydrogens is 316 g/mol. The smallest absolute Gasteiger partial charge is 0.0753 e. The number of alkyl halides is 1. The van der Waals surface area contributed by atoms with Crippen molar-refractivity contribution in [1.29, 1.82) is 0 Å². The first-order valence-electron chi connectivity index (χ1n) is 5.68. The van der Waals surface area contributed by atoms with Crippen LogP contribution >= 0.6 is 38.9 Å². The van der Waals surface area contributed by atoms with Gasteiger partial charge in [-0.25, -0.2) is 0 Å². The molecule has 0 fully saturated rings. The highest BCUT2D eigenvalue weighted by Crippen LogP contribution is 2.38. The molecule has 0 saturated heterocycles. The molecular formula is C14H14BrClS. The highest BCUT2D eigenvalue weighted by atomic mass is 79.9. The molecule has 0 spiro atoms. The molecule has 0 bridgehead atoms. The molecule has 0 amide bonds. The number of hydrogen-bond donors (Lipinski definition) is 0. The number of halogens is 2. The molecule has 0 aliphatic carbocycles. The lowest BCUT2D eigenvalue weighted by molar-refractivity contribution is 0.920. The second-order valence-corrected chi connectivity index (χ2v) is 6.26. The molecule has 2 rings (SSSR count). The summed E-state index contributed by atoms with van der Waals surface area (Å²) in [7, 11) is 0. The van der Waals surface area contributed by atoms with Crippen LogP contribution in [0.5, 0.6) is 0 Å². The summed E-state index contributed by atoms with van der Waals surface area (Å²) in [6.07, 6.45) is 2.33. The Morgan fingerprint density at radius 3 is 2.47 bits per heavy atom. The first kappa shape index (κ1) is 13.1. The van der Waals surface area contributed by atoms with Crippen LogP contribution in [0, 0.1) is 0 Å². The number of hydrogen-bond acceptors (Lipinski definition) is 1. The zero-order valence-electron chi connectivity index (χ0n) is 9.62. The Morgan fingerprint density at radius 2 is 1.94 bits per heavy atom. The Bertz CT molecular complexity index is 475. The quantitative estimate of drug-likeness (QED) is 0.618. The fourth-order valence-electron chi connectivity index (χ4n) is 1.78. The standard InChI is InChI=1S/C14H14BrClS/c1-2-3-10-4-6-11(7-5-10)13(15)14-12(16)8-9-17-14/h4-9,13H,2-3H2,1H3. The number of rotatable bonds is 4. The molecule has 0 nitrogen and oxygen atoms in total. The average molecular weight is 330 g/mol. The molecule has 0 radical (unpaired) electrons. The van der Waals surface area contributed by atoms with Crippen molar-refractivity contribution in [2.45, 2.75) is 24.6 Å². The predicted molar refractivity (Wildman–Crippen MR) is 80.5 cm³/mol. The van der Waals surface area contributed by atoms with Crippen molar-refractivity contribution < 1.29 is 0 Å². The van der Waals surface area contributed by atoms with E-state index in [-0.39, 0.29) is 4.83 Å². The second-order valence-electron chi connectivity index (χ2n) is 3.99. The Hall–Kier alpha value is -0.310. The van der Waals surface area contributed by atoms with Crippen LogP contribution in [-0.2, 0) is 6.42 Å². The van der Waals surface area contributed by atoms with Gasteiger partial charge in [0.25, 0.3) is 0 Å². The molecule has 0 aliphatic heterocycles. The van der Waals surface area contributed by atoms with Gasteiger partial charge in [0.15, 0.2) is 0 Å². The van der Waals surface area contributed by atoms with Crippen LogP contribution in [0.2, 0.25) is 5.02 Å². The van der Waals surface area contributed by atoms with E-state index in [9.17, 15) is 0 Å². The van der Waals surface area contributed by atoms with E-state index in [4.69, 9.17) is 11.6 Å². The topological polar surface area (TPSA) is 0 Å². The Morgan fingerprint density at radius 1 is 1.24 bits per heavy atom. The van der Waals surface area contributed by atoms with Crippen LogP contribution in [0.25, 0.3) is 0 Å². The maximum Gasteiger partial charge on any atom is 0.0753 e. The maximum atomic E-state index is 6.15. The summed E-state index contributed by atoms with van der Waals surface area (Å²) in [5.74, 6) is 0. The van der Waals surface area contributed by atoms with Crippen molar-refractivity contribution in [3.05, 3.63) is 56.7 Å². The minimum absolute atomic E-state index is 0.200. The Balaban J connectivity index is 2.20. The lowest BCUT2D eigenvalue weighted by Crippen LogP contribution is -1.91. The van der Waals surface area contributed by atoms with E-state index < -0.39 is 0 Å². The monoisotopic (exact) mass is 328 g/mol. The van der Waals surface area contributed by atoms with Gasteiger partial charge in [-0.3, -0.25) is 0 Å². The molecule has 0 aliphatic rings. The minimum atomic E-state index is 0.200. The molecule has 3 heteroatoms. The van der Waals surface area contributed by atoms with E-state index in [2.05, 4.69) is 47.1 Å². The van der Waals surface area contributed by atoms with E-state index in [1.165, 1.54) is 22.4 Å². The molecule has 17 heavy (non-hydrogen) atoms. The molecule has 90 valence electrons. The molecule has 0 N–H and O–H groups in total. The van der Waals surface area contributed by atoms with Crippen LogP contribution in [0.3, 0.4) is 0 Å². The van der Waals surface area contributed by atoms with Gasteiger partial charge in [0.05, 0.1) is 9.85 Å². The van der Waals surface area contributed by atoms with Crippen LogP contribution in [0.15, 0.2) is 35.7 Å². The summed E-state index contributed by atoms with van der Waals surface area (Å²) in [6, 6.07) is 10.7. The summed E-state index contributed by atoms with van der Waals surface area (Å²) in [4.78, 5) is 1.38. The summed E-state index contributed by atoms with van der Waals surface area (Å²) in [6.45, 7) is 2.20. The van der Waals surface area contributed by atoms with Crippen molar-refractivity contribution in [2.24, 2.45) is 0 Å². The second kappa shape index (κ2) is 6.03. The molecule has 1 aromatic heterocycles. The fourth-order valence-corrected chi connectivity index (χ4v) is 3.95. The predicted octanol–water partition coefficient (Wildman–Crippen LogP) is 5.84. The zero-order chi connectivity index (χ0) is 12.3. The van der Waals surface area contributed by atoms with Crippen molar-refractivity contribution in [2.75, 3.05) is 0 Å². The molecule has 1 heterocycles. The van der Waals surface area contributed by atoms with Crippen LogP contribution < -0.4 is 0 Å². The Kier molecular flexibility index (Phi) is 4.66. The van der Waals surface area contributed by atoms with Gasteiger partial charge >= 0.3 is 0 Å². The van der Waals surface area contributed by atoms with Gasteiger partial charge in [-0.05, 0) is 29.0 Å². The SMILES string of the molecule is CCCc1ccc(C(Br)c2sccc2Cl)cc1. The maximum absolute atomic E-state index is 6.15. The number of thiophene rings is 1. The average Bonchev–Trinajstić information content (AvgIpc) is 2.76. The third kappa shape index (κ3) is 3.12. The third-order valence-electron chi connectivity index (χ3n) is 2.69. The summed E-state index contributed by atoms with van der Waals surface area (Å²) in [5, 5.41) is 2.87. The summed E-state index contributed by atoms with van der Waals surface area (Å²) >= 11 is 11.5. The highest BCUT2D eigenvalue weighted by Gasteiger charge is 2.14. The van der Waals surface area contributed by atoms with E-state index in [1.807, 2.05) is 11.4 Å². The van der Waals surface area contributed by atoms with Gasteiger partial charge in [0, 0.05) is 4.88 Å². The largest absolute Gasteiger partial charge is 0.146 e. The highest BCUT2D eigenvalue weighted by molar-refractivity contribution is 9.09. The van der Waals surface area contributed by atoms with E-state index in [0.29, 0.717) is 0 Å². The van der Waals surface area contributed by atoms with E-state index in [1.54, 1.807) is 11.3 Å². The molecule has 1 aromatic carbocycles. The minimum Gasteiger partial charge on any atom is -0.146 e. The van der Waals surface area contributed by atoms with Crippen LogP contribution in [-0.4, -0.2) is 0 Å². The zero-order valence-corrected chi connectivity index (χ0v) is 12.8. The molecule has 1 atom stereocenters. The van der Waals surface area contributed by atoms with Gasteiger partial charge in [-0.15, -0.1) is 11.3 Å². The van der Waals surface area contributed by atoms with Crippen molar-refractivity contribution in [3.63, 3.8) is 0 Å². The van der Waals surface area contributed by atoms with Gasteiger partial charge in [0.2, 0.25) is 0 Å².